The van der Waals surface area contributed by atoms with Crippen LogP contribution in [0, 0.1) is 0 Å². The molecule has 0 radical (unpaired) electrons. The number of hydrogen-bond donors (Lipinski definition) is 1. The van der Waals surface area contributed by atoms with E-state index in [9.17, 15) is 8.42 Å². The molecule has 144 valence electrons. The van der Waals surface area contributed by atoms with Crippen LogP contribution in [0.2, 0.25) is 0 Å². The van der Waals surface area contributed by atoms with E-state index in [4.69, 9.17) is 0 Å². The lowest BCUT2D eigenvalue weighted by Crippen LogP contribution is -2.30. The minimum Gasteiger partial charge on any atom is -0.357 e. The maximum Gasteiger partial charge on any atom is 0.184 e. The second kappa shape index (κ2) is 7.98. The second-order valence-corrected chi connectivity index (χ2v) is 9.50. The molecular weight excluding hydrogens is 358 g/mol. The van der Waals surface area contributed by atoms with Crippen molar-refractivity contribution in [2.75, 3.05) is 31.1 Å². The van der Waals surface area contributed by atoms with E-state index in [0.717, 1.165) is 50.4 Å². The number of nitrogens with zero attached hydrogens (tertiary/aromatic N) is 2. The average molecular weight is 386 g/mol. The fourth-order valence-electron chi connectivity index (χ4n) is 3.99. The van der Waals surface area contributed by atoms with E-state index in [0.29, 0.717) is 4.90 Å². The number of rotatable bonds is 4. The molecule has 27 heavy (non-hydrogen) atoms. The molecule has 1 saturated heterocycles. The van der Waals surface area contributed by atoms with Crippen LogP contribution in [0.4, 0.5) is 5.82 Å². The maximum atomic E-state index is 12.9. The Balaban J connectivity index is 1.50. The van der Waals surface area contributed by atoms with Crippen LogP contribution >= 0.6 is 0 Å². The number of pyridine rings is 1. The van der Waals surface area contributed by atoms with Crippen molar-refractivity contribution >= 4 is 15.7 Å². The minimum absolute atomic E-state index is 0.0262. The molecule has 0 aliphatic carbocycles. The largest absolute Gasteiger partial charge is 0.357 e. The predicted molar refractivity (Wildman–Crippen MR) is 108 cm³/mol. The van der Waals surface area contributed by atoms with Crippen molar-refractivity contribution < 1.29 is 8.42 Å². The molecule has 4 rings (SSSR count). The van der Waals surface area contributed by atoms with E-state index >= 15 is 0 Å². The van der Waals surface area contributed by atoms with Gasteiger partial charge in [0.25, 0.3) is 0 Å². The summed E-state index contributed by atoms with van der Waals surface area (Å²) >= 11 is 0. The summed E-state index contributed by atoms with van der Waals surface area (Å²) in [6.45, 7) is 3.94. The van der Waals surface area contributed by atoms with E-state index in [1.807, 2.05) is 12.1 Å². The van der Waals surface area contributed by atoms with Crippen molar-refractivity contribution in [3.8, 4) is 0 Å². The number of aromatic nitrogens is 1. The molecule has 0 bridgehead atoms. The van der Waals surface area contributed by atoms with E-state index in [2.05, 4.69) is 27.3 Å². The highest BCUT2D eigenvalue weighted by molar-refractivity contribution is 7.90. The molecule has 3 heterocycles. The van der Waals surface area contributed by atoms with Gasteiger partial charge in [-0.15, -0.1) is 0 Å². The van der Waals surface area contributed by atoms with Gasteiger partial charge in [0.2, 0.25) is 0 Å². The van der Waals surface area contributed by atoms with Gasteiger partial charge in [0.05, 0.1) is 10.6 Å². The van der Waals surface area contributed by atoms with E-state index in [-0.39, 0.29) is 5.75 Å². The number of nitrogens with one attached hydrogen (secondary N) is 1. The number of hydrogen-bond acceptors (Lipinski definition) is 5. The summed E-state index contributed by atoms with van der Waals surface area (Å²) in [6, 6.07) is 9.66. The maximum absolute atomic E-state index is 12.9. The third-order valence-electron chi connectivity index (χ3n) is 5.53. The summed E-state index contributed by atoms with van der Waals surface area (Å²) in [5.41, 5.74) is 3.45. The van der Waals surface area contributed by atoms with Crippen molar-refractivity contribution in [2.24, 2.45) is 0 Å². The van der Waals surface area contributed by atoms with E-state index in [1.54, 1.807) is 6.07 Å². The third kappa shape index (κ3) is 4.33. The molecule has 2 aromatic rings. The number of piperidine rings is 1. The second-order valence-electron chi connectivity index (χ2n) is 7.51. The van der Waals surface area contributed by atoms with Crippen molar-refractivity contribution in [2.45, 2.75) is 42.8 Å². The molecular formula is C21H27N3O2S. The topological polar surface area (TPSA) is 62.3 Å². The van der Waals surface area contributed by atoms with Crippen LogP contribution in [0.15, 0.2) is 41.4 Å². The Hall–Kier alpha value is -1.92. The van der Waals surface area contributed by atoms with E-state index < -0.39 is 9.84 Å². The molecule has 0 atom stereocenters. The predicted octanol–water partition coefficient (Wildman–Crippen LogP) is 2.73. The van der Waals surface area contributed by atoms with Gasteiger partial charge in [-0.25, -0.2) is 13.4 Å². The van der Waals surface area contributed by atoms with Gasteiger partial charge in [-0.1, -0.05) is 18.2 Å². The molecule has 1 fully saturated rings. The lowest BCUT2D eigenvalue weighted by atomic mass is 10.0. The Kier molecular flexibility index (Phi) is 5.45. The normalized spacial score (nSPS) is 18.0. The Morgan fingerprint density at radius 1 is 0.963 bits per heavy atom. The average Bonchev–Trinajstić information content (AvgIpc) is 2.93. The zero-order chi connectivity index (χ0) is 18.7. The Labute approximate surface area is 161 Å². The first kappa shape index (κ1) is 18.4. The number of benzene rings is 1. The van der Waals surface area contributed by atoms with Gasteiger partial charge < -0.3 is 10.2 Å². The fraction of sp³-hybridized carbons (Fsp3) is 0.476. The molecule has 6 heteroatoms. The standard InChI is InChI=1S/C21H27N3O2S/c25-27(26,16-17-4-5-18-8-10-22-11-9-19(18)14-17)20-6-7-21(23-15-20)24-12-2-1-3-13-24/h4-7,14-15,22H,1-3,8-13,16H2. The van der Waals surface area contributed by atoms with Gasteiger partial charge in [-0.3, -0.25) is 0 Å². The molecule has 1 aromatic carbocycles. The Morgan fingerprint density at radius 2 is 1.74 bits per heavy atom. The molecule has 2 aliphatic heterocycles. The zero-order valence-corrected chi connectivity index (χ0v) is 16.5. The molecule has 0 spiro atoms. The van der Waals surface area contributed by atoms with Crippen LogP contribution in [0.25, 0.3) is 0 Å². The highest BCUT2D eigenvalue weighted by Crippen LogP contribution is 2.23. The lowest BCUT2D eigenvalue weighted by molar-refractivity contribution is 0.572. The lowest BCUT2D eigenvalue weighted by Gasteiger charge is -2.27. The van der Waals surface area contributed by atoms with Crippen molar-refractivity contribution in [3.05, 3.63) is 53.2 Å². The van der Waals surface area contributed by atoms with Crippen LogP contribution < -0.4 is 10.2 Å². The highest BCUT2D eigenvalue weighted by Gasteiger charge is 2.19. The van der Waals surface area contributed by atoms with Gasteiger partial charge in [0, 0.05) is 19.3 Å². The summed E-state index contributed by atoms with van der Waals surface area (Å²) in [6.07, 6.45) is 7.09. The number of fused-ring (bicyclic) bond motifs is 1. The molecule has 5 nitrogen and oxygen atoms in total. The quantitative estimate of drug-likeness (QED) is 0.877. The van der Waals surface area contributed by atoms with Gasteiger partial charge in [0.15, 0.2) is 9.84 Å². The van der Waals surface area contributed by atoms with Gasteiger partial charge >= 0.3 is 0 Å². The van der Waals surface area contributed by atoms with Gasteiger partial charge in [-0.05, 0) is 74.0 Å². The van der Waals surface area contributed by atoms with Crippen molar-refractivity contribution in [1.29, 1.82) is 0 Å². The van der Waals surface area contributed by atoms with Crippen molar-refractivity contribution in [3.63, 3.8) is 0 Å². The first-order valence-electron chi connectivity index (χ1n) is 9.87. The van der Waals surface area contributed by atoms with Gasteiger partial charge in [0.1, 0.15) is 5.82 Å². The molecule has 2 aliphatic rings. The third-order valence-corrected chi connectivity index (χ3v) is 7.20. The first-order valence-corrected chi connectivity index (χ1v) is 11.5. The van der Waals surface area contributed by atoms with Gasteiger partial charge in [-0.2, -0.15) is 0 Å². The molecule has 0 unspecified atom stereocenters. The number of anilines is 1. The minimum atomic E-state index is -3.39. The number of sulfone groups is 1. The molecule has 0 amide bonds. The monoisotopic (exact) mass is 385 g/mol. The summed E-state index contributed by atoms with van der Waals surface area (Å²) in [4.78, 5) is 6.97. The van der Waals surface area contributed by atoms with Crippen LogP contribution in [0.3, 0.4) is 0 Å². The van der Waals surface area contributed by atoms with Crippen LogP contribution in [-0.4, -0.2) is 39.6 Å². The summed E-state index contributed by atoms with van der Waals surface area (Å²) < 4.78 is 25.7. The zero-order valence-electron chi connectivity index (χ0n) is 15.7. The van der Waals surface area contributed by atoms with Crippen molar-refractivity contribution in [1.82, 2.24) is 10.3 Å². The van der Waals surface area contributed by atoms with Crippen LogP contribution in [0.5, 0.6) is 0 Å². The van der Waals surface area contributed by atoms with Crippen LogP contribution in [-0.2, 0) is 28.4 Å². The van der Waals surface area contributed by atoms with Crippen LogP contribution in [0.1, 0.15) is 36.0 Å². The Bertz CT molecular complexity index is 888. The summed E-state index contributed by atoms with van der Waals surface area (Å²) in [5.74, 6) is 0.907. The molecule has 0 saturated carbocycles. The summed E-state index contributed by atoms with van der Waals surface area (Å²) in [7, 11) is -3.39. The summed E-state index contributed by atoms with van der Waals surface area (Å²) in [5, 5.41) is 3.39. The molecule has 1 N–H and O–H groups in total. The molecule has 1 aromatic heterocycles. The first-order chi connectivity index (χ1) is 13.1. The SMILES string of the molecule is O=S(=O)(Cc1ccc2c(c1)CCNCC2)c1ccc(N2CCCCC2)nc1. The smallest absolute Gasteiger partial charge is 0.184 e. The van der Waals surface area contributed by atoms with E-state index in [1.165, 1.54) is 36.6 Å². The highest BCUT2D eigenvalue weighted by atomic mass is 32.2. The fourth-order valence-corrected chi connectivity index (χ4v) is 5.26. The Morgan fingerprint density at radius 3 is 2.48 bits per heavy atom.